The van der Waals surface area contributed by atoms with Gasteiger partial charge in [0.15, 0.2) is 0 Å². The zero-order valence-corrected chi connectivity index (χ0v) is 13.3. The topological polar surface area (TPSA) is 77.4 Å². The van der Waals surface area contributed by atoms with Gasteiger partial charge in [-0.1, -0.05) is 32.9 Å². The summed E-state index contributed by atoms with van der Waals surface area (Å²) in [5, 5.41) is 9.64. The minimum Gasteiger partial charge on any atom is -0.748 e. The zero-order chi connectivity index (χ0) is 12.6. The van der Waals surface area contributed by atoms with E-state index >= 15 is 0 Å². The molecule has 0 aliphatic heterocycles. The van der Waals surface area contributed by atoms with Crippen LogP contribution in [0.25, 0.3) is 0 Å². The Balaban J connectivity index is 0.00000256. The predicted molar refractivity (Wildman–Crippen MR) is 60.2 cm³/mol. The maximum atomic E-state index is 10.6. The zero-order valence-electron chi connectivity index (χ0n) is 10.5. The molecule has 0 aliphatic carbocycles. The minimum absolute atomic E-state index is 0. The van der Waals surface area contributed by atoms with Crippen LogP contribution in [0.4, 0.5) is 0 Å². The predicted octanol–water partition coefficient (Wildman–Crippen LogP) is -1.26. The first-order valence-corrected chi connectivity index (χ1v) is 6.43. The van der Waals surface area contributed by atoms with E-state index in [0.717, 1.165) is 0 Å². The maximum Gasteiger partial charge on any atom is 1.00 e. The van der Waals surface area contributed by atoms with Gasteiger partial charge in [0.25, 0.3) is 0 Å². The Labute approximate surface area is 124 Å². The van der Waals surface area contributed by atoms with Crippen LogP contribution in [0, 0.1) is 0 Å². The summed E-state index contributed by atoms with van der Waals surface area (Å²) in [6, 6.07) is 4.42. The van der Waals surface area contributed by atoms with Gasteiger partial charge in [0.05, 0.1) is 15.9 Å². The van der Waals surface area contributed by atoms with E-state index in [1.807, 2.05) is 20.8 Å². The van der Waals surface area contributed by atoms with Gasteiger partial charge in [-0.25, -0.2) is 8.42 Å². The van der Waals surface area contributed by atoms with Crippen molar-refractivity contribution in [1.29, 1.82) is 0 Å². The number of aromatic hydroxyl groups is 1. The number of hydrogen-bond acceptors (Lipinski definition) is 4. The van der Waals surface area contributed by atoms with Gasteiger partial charge >= 0.3 is 29.6 Å². The van der Waals surface area contributed by atoms with Crippen molar-refractivity contribution in [2.75, 3.05) is 0 Å². The summed E-state index contributed by atoms with van der Waals surface area (Å²) in [5.41, 5.74) is 0.735. The third-order valence-electron chi connectivity index (χ3n) is 2.21. The molecule has 1 N–H and O–H groups in total. The molecule has 0 saturated heterocycles. The van der Waals surface area contributed by atoms with Crippen LogP contribution in [-0.4, -0.2) is 18.1 Å². The molecule has 90 valence electrons. The van der Waals surface area contributed by atoms with Gasteiger partial charge in [-0.3, -0.25) is 0 Å². The summed E-state index contributed by atoms with van der Waals surface area (Å²) in [6.45, 7) is 5.70. The molecule has 0 unspecified atom stereocenters. The minimum atomic E-state index is -4.28. The Bertz CT molecular complexity index is 489. The van der Waals surface area contributed by atoms with Gasteiger partial charge in [-0.05, 0) is 22.6 Å². The third kappa shape index (κ3) is 5.40. The van der Waals surface area contributed by atoms with Gasteiger partial charge in [0.2, 0.25) is 0 Å². The molecule has 1 aromatic carbocycles. The fourth-order valence-electron chi connectivity index (χ4n) is 1.48. The van der Waals surface area contributed by atoms with Crippen LogP contribution in [0.5, 0.6) is 5.75 Å². The molecule has 1 aromatic rings. The van der Waals surface area contributed by atoms with Crippen LogP contribution in [0.3, 0.4) is 0 Å². The Morgan fingerprint density at radius 3 is 2.24 bits per heavy atom. The van der Waals surface area contributed by atoms with Crippen molar-refractivity contribution in [3.63, 3.8) is 0 Å². The van der Waals surface area contributed by atoms with E-state index in [4.69, 9.17) is 0 Å². The first-order chi connectivity index (χ1) is 7.09. The molecule has 1 rings (SSSR count). The summed E-state index contributed by atoms with van der Waals surface area (Å²) in [5.74, 6) is -0.435. The molecule has 0 saturated carbocycles. The van der Waals surface area contributed by atoms with E-state index in [9.17, 15) is 18.1 Å². The standard InChI is InChI=1S/C11H16O4S.Na/c1-11(2,3)9-6-8(4-5-10(9)12)7-16(13,14)15;/h4-6,12H,7H2,1-3H3,(H,13,14,15);/q;+1/p-1. The molecule has 6 heteroatoms. The second kappa shape index (κ2) is 5.71. The second-order valence-electron chi connectivity index (χ2n) is 4.80. The SMILES string of the molecule is CC(C)(C)c1cc(CS(=O)(=O)[O-])ccc1O.[Na+]. The normalized spacial score (nSPS) is 12.0. The molecule has 4 nitrogen and oxygen atoms in total. The van der Waals surface area contributed by atoms with E-state index in [2.05, 4.69) is 0 Å². The molecule has 0 aliphatic rings. The molecule has 0 aromatic heterocycles. The van der Waals surface area contributed by atoms with Crippen molar-refractivity contribution in [1.82, 2.24) is 0 Å². The first-order valence-electron chi connectivity index (χ1n) is 4.85. The molecule has 0 bridgehead atoms. The molecular weight excluding hydrogens is 251 g/mol. The van der Waals surface area contributed by atoms with Crippen LogP contribution in [0.1, 0.15) is 31.9 Å². The summed E-state index contributed by atoms with van der Waals surface area (Å²) in [4.78, 5) is 0. The van der Waals surface area contributed by atoms with E-state index < -0.39 is 15.9 Å². The second-order valence-corrected chi connectivity index (χ2v) is 6.21. The Morgan fingerprint density at radius 1 is 1.29 bits per heavy atom. The number of phenols is 1. The molecule has 17 heavy (non-hydrogen) atoms. The number of benzene rings is 1. The van der Waals surface area contributed by atoms with E-state index in [0.29, 0.717) is 11.1 Å². The number of phenolic OH excluding ortho intramolecular Hbond substituents is 1. The van der Waals surface area contributed by atoms with Crippen LogP contribution >= 0.6 is 0 Å². The Morgan fingerprint density at radius 2 is 1.82 bits per heavy atom. The van der Waals surface area contributed by atoms with Crippen molar-refractivity contribution in [3.8, 4) is 5.75 Å². The van der Waals surface area contributed by atoms with Gasteiger partial charge in [-0.2, -0.15) is 0 Å². The molecular formula is C11H15NaO4S. The smallest absolute Gasteiger partial charge is 0.748 e. The van der Waals surface area contributed by atoms with E-state index in [1.165, 1.54) is 12.1 Å². The largest absolute Gasteiger partial charge is 1.00 e. The van der Waals surface area contributed by atoms with Crippen LogP contribution in [0.15, 0.2) is 18.2 Å². The van der Waals surface area contributed by atoms with Crippen molar-refractivity contribution in [3.05, 3.63) is 29.3 Å². The van der Waals surface area contributed by atoms with Crippen LogP contribution < -0.4 is 29.6 Å². The number of hydrogen-bond donors (Lipinski definition) is 1. The van der Waals surface area contributed by atoms with E-state index in [-0.39, 0.29) is 40.7 Å². The summed E-state index contributed by atoms with van der Waals surface area (Å²) < 4.78 is 31.9. The summed E-state index contributed by atoms with van der Waals surface area (Å²) in [6.07, 6.45) is 0. The average molecular weight is 266 g/mol. The van der Waals surface area contributed by atoms with Crippen molar-refractivity contribution in [2.45, 2.75) is 31.9 Å². The van der Waals surface area contributed by atoms with Crippen molar-refractivity contribution >= 4 is 10.1 Å². The van der Waals surface area contributed by atoms with Gasteiger partial charge < -0.3 is 9.66 Å². The van der Waals surface area contributed by atoms with Gasteiger partial charge in [0, 0.05) is 0 Å². The first kappa shape index (κ1) is 16.9. The molecule has 0 amide bonds. The van der Waals surface area contributed by atoms with Gasteiger partial charge in [-0.15, -0.1) is 0 Å². The summed E-state index contributed by atoms with van der Waals surface area (Å²) >= 11 is 0. The fourth-order valence-corrected chi connectivity index (χ4v) is 2.07. The average Bonchev–Trinajstić information content (AvgIpc) is 2.04. The maximum absolute atomic E-state index is 10.6. The third-order valence-corrected chi connectivity index (χ3v) is 2.90. The fraction of sp³-hybridized carbons (Fsp3) is 0.455. The Kier molecular flexibility index (Phi) is 5.69. The van der Waals surface area contributed by atoms with Crippen LogP contribution in [0.2, 0.25) is 0 Å². The van der Waals surface area contributed by atoms with Crippen molar-refractivity contribution in [2.24, 2.45) is 0 Å². The Hall–Kier alpha value is -0.0700. The molecule has 0 radical (unpaired) electrons. The van der Waals surface area contributed by atoms with E-state index in [1.54, 1.807) is 6.07 Å². The quantitative estimate of drug-likeness (QED) is 0.535. The molecule has 0 heterocycles. The van der Waals surface area contributed by atoms with Crippen LogP contribution in [-0.2, 0) is 21.3 Å². The molecule has 0 fully saturated rings. The number of rotatable bonds is 2. The molecule has 0 spiro atoms. The summed E-state index contributed by atoms with van der Waals surface area (Å²) in [7, 11) is -4.28. The van der Waals surface area contributed by atoms with Crippen molar-refractivity contribution < 1.29 is 47.6 Å². The monoisotopic (exact) mass is 266 g/mol. The van der Waals surface area contributed by atoms with Gasteiger partial charge in [0.1, 0.15) is 5.75 Å². The molecule has 0 atom stereocenters.